The standard InChI is InChI=1S/C8H6ClN5O3S2/c1-4-10-7(17-12-4)13-19(15,16)6-5(9)11-8-14(6)2-3-18-8/h2-3H,1H3,(H,10,12,13). The van der Waals surface area contributed by atoms with Crippen LogP contribution in [0.2, 0.25) is 5.15 Å². The van der Waals surface area contributed by atoms with Gasteiger partial charge in [0.05, 0.1) is 0 Å². The summed E-state index contributed by atoms with van der Waals surface area (Å²) in [6, 6.07) is -0.223. The number of rotatable bonds is 3. The van der Waals surface area contributed by atoms with E-state index < -0.39 is 10.0 Å². The van der Waals surface area contributed by atoms with Gasteiger partial charge in [-0.2, -0.15) is 13.4 Å². The van der Waals surface area contributed by atoms with Crippen LogP contribution in [0.25, 0.3) is 4.96 Å². The van der Waals surface area contributed by atoms with Crippen LogP contribution in [0.1, 0.15) is 5.82 Å². The van der Waals surface area contributed by atoms with Gasteiger partial charge in [-0.05, 0) is 6.92 Å². The first kappa shape index (κ1) is 12.4. The van der Waals surface area contributed by atoms with Crippen molar-refractivity contribution in [2.24, 2.45) is 0 Å². The van der Waals surface area contributed by atoms with E-state index in [1.807, 2.05) is 0 Å². The zero-order chi connectivity index (χ0) is 13.6. The highest BCUT2D eigenvalue weighted by Gasteiger charge is 2.26. The van der Waals surface area contributed by atoms with Crippen molar-refractivity contribution in [3.05, 3.63) is 22.6 Å². The van der Waals surface area contributed by atoms with Crippen LogP contribution < -0.4 is 4.72 Å². The van der Waals surface area contributed by atoms with Gasteiger partial charge in [-0.3, -0.25) is 4.40 Å². The van der Waals surface area contributed by atoms with Crippen molar-refractivity contribution in [1.29, 1.82) is 0 Å². The molecule has 0 radical (unpaired) electrons. The summed E-state index contributed by atoms with van der Waals surface area (Å²) in [5.74, 6) is 0.317. The molecule has 3 heterocycles. The normalized spacial score (nSPS) is 12.1. The number of hydrogen-bond acceptors (Lipinski definition) is 7. The first-order valence-corrected chi connectivity index (χ1v) is 7.65. The van der Waals surface area contributed by atoms with Gasteiger partial charge in [-0.15, -0.1) is 11.3 Å². The highest BCUT2D eigenvalue weighted by molar-refractivity contribution is 7.92. The van der Waals surface area contributed by atoms with E-state index in [1.165, 1.54) is 15.7 Å². The van der Waals surface area contributed by atoms with Gasteiger partial charge in [0.2, 0.25) is 0 Å². The number of fused-ring (bicyclic) bond motifs is 1. The Labute approximate surface area is 116 Å². The number of nitrogens with one attached hydrogen (secondary N) is 1. The second kappa shape index (κ2) is 4.18. The van der Waals surface area contributed by atoms with Crippen LogP contribution in [0.5, 0.6) is 0 Å². The summed E-state index contributed by atoms with van der Waals surface area (Å²) in [5, 5.41) is 4.91. The third-order valence-corrected chi connectivity index (χ3v) is 4.66. The van der Waals surface area contributed by atoms with Crippen LogP contribution >= 0.6 is 22.9 Å². The summed E-state index contributed by atoms with van der Waals surface area (Å²) in [7, 11) is -3.95. The molecule has 100 valence electrons. The first-order valence-electron chi connectivity index (χ1n) is 4.91. The molecule has 0 amide bonds. The molecule has 0 aliphatic heterocycles. The van der Waals surface area contributed by atoms with Crippen molar-refractivity contribution >= 4 is 43.9 Å². The lowest BCUT2D eigenvalue weighted by molar-refractivity contribution is 0.429. The van der Waals surface area contributed by atoms with E-state index in [0.29, 0.717) is 10.8 Å². The Kier molecular flexibility index (Phi) is 2.73. The predicted octanol–water partition coefficient (Wildman–Crippen LogP) is 1.54. The minimum atomic E-state index is -3.95. The highest BCUT2D eigenvalue weighted by Crippen LogP contribution is 2.26. The number of thiazole rings is 1. The van der Waals surface area contributed by atoms with Gasteiger partial charge in [-0.1, -0.05) is 16.8 Å². The Hall–Kier alpha value is -1.65. The van der Waals surface area contributed by atoms with Gasteiger partial charge >= 0.3 is 6.01 Å². The van der Waals surface area contributed by atoms with Crippen LogP contribution in [0.4, 0.5) is 6.01 Å². The Morgan fingerprint density at radius 1 is 1.47 bits per heavy atom. The Morgan fingerprint density at radius 2 is 2.26 bits per heavy atom. The van der Waals surface area contributed by atoms with E-state index in [4.69, 9.17) is 16.1 Å². The maximum Gasteiger partial charge on any atom is 0.335 e. The Balaban J connectivity index is 2.09. The first-order chi connectivity index (χ1) is 8.97. The fourth-order valence-electron chi connectivity index (χ4n) is 1.48. The lowest BCUT2D eigenvalue weighted by atomic mass is 10.8. The second-order valence-electron chi connectivity index (χ2n) is 3.52. The number of imidazole rings is 1. The lowest BCUT2D eigenvalue weighted by Gasteiger charge is -2.02. The third kappa shape index (κ3) is 2.07. The quantitative estimate of drug-likeness (QED) is 0.785. The molecule has 0 aliphatic rings. The lowest BCUT2D eigenvalue weighted by Crippen LogP contribution is -2.15. The zero-order valence-corrected chi connectivity index (χ0v) is 11.8. The summed E-state index contributed by atoms with van der Waals surface area (Å²) in [4.78, 5) is 8.19. The fraction of sp³-hybridized carbons (Fsp3) is 0.125. The van der Waals surface area contributed by atoms with Gasteiger partial charge in [0.15, 0.2) is 21.0 Å². The summed E-state index contributed by atoms with van der Waals surface area (Å²) >= 11 is 7.13. The second-order valence-corrected chi connectivity index (χ2v) is 6.34. The highest BCUT2D eigenvalue weighted by atomic mass is 35.5. The van der Waals surface area contributed by atoms with E-state index in [-0.39, 0.29) is 16.2 Å². The van der Waals surface area contributed by atoms with Crippen LogP contribution in [0, 0.1) is 6.92 Å². The molecule has 3 aromatic rings. The Morgan fingerprint density at radius 3 is 2.95 bits per heavy atom. The van der Waals surface area contributed by atoms with Gasteiger partial charge in [0.25, 0.3) is 10.0 Å². The minimum absolute atomic E-state index is 0.115. The molecule has 0 atom stereocenters. The molecule has 1 N–H and O–H groups in total. The van der Waals surface area contributed by atoms with Crippen LogP contribution in [0.3, 0.4) is 0 Å². The maximum absolute atomic E-state index is 12.2. The molecule has 8 nitrogen and oxygen atoms in total. The van der Waals surface area contributed by atoms with Crippen molar-refractivity contribution in [3.8, 4) is 0 Å². The monoisotopic (exact) mass is 319 g/mol. The SMILES string of the molecule is Cc1noc(NS(=O)(=O)c2c(Cl)nc3sccn23)n1. The van der Waals surface area contributed by atoms with Crippen LogP contribution in [0.15, 0.2) is 21.1 Å². The number of nitrogens with zero attached hydrogens (tertiary/aromatic N) is 4. The molecule has 3 aromatic heterocycles. The van der Waals surface area contributed by atoms with Crippen molar-refractivity contribution in [1.82, 2.24) is 19.5 Å². The van der Waals surface area contributed by atoms with E-state index in [2.05, 4.69) is 19.8 Å². The molecule has 0 spiro atoms. The summed E-state index contributed by atoms with van der Waals surface area (Å²) in [6.45, 7) is 1.57. The zero-order valence-electron chi connectivity index (χ0n) is 9.36. The molecular formula is C8H6ClN5O3S2. The van der Waals surface area contributed by atoms with Crippen molar-refractivity contribution in [3.63, 3.8) is 0 Å². The number of sulfonamides is 1. The number of halogens is 1. The molecule has 0 saturated carbocycles. The van der Waals surface area contributed by atoms with Gasteiger partial charge in [0.1, 0.15) is 0 Å². The molecule has 0 saturated heterocycles. The largest absolute Gasteiger partial charge is 0.335 e. The smallest absolute Gasteiger partial charge is 0.314 e. The van der Waals surface area contributed by atoms with E-state index >= 15 is 0 Å². The molecule has 0 aromatic carbocycles. The number of hydrogen-bond donors (Lipinski definition) is 1. The average Bonchev–Trinajstić information content (AvgIpc) is 2.93. The molecule has 11 heteroatoms. The predicted molar refractivity (Wildman–Crippen MR) is 67.9 cm³/mol. The summed E-state index contributed by atoms with van der Waals surface area (Å²) in [5.41, 5.74) is 0. The molecule has 19 heavy (non-hydrogen) atoms. The molecule has 3 rings (SSSR count). The van der Waals surface area contributed by atoms with Gasteiger partial charge in [-0.25, -0.2) is 9.71 Å². The molecule has 0 bridgehead atoms. The van der Waals surface area contributed by atoms with E-state index in [1.54, 1.807) is 18.5 Å². The van der Waals surface area contributed by atoms with Crippen LogP contribution in [-0.2, 0) is 10.0 Å². The van der Waals surface area contributed by atoms with Crippen molar-refractivity contribution < 1.29 is 12.9 Å². The molecule has 0 unspecified atom stereocenters. The average molecular weight is 320 g/mol. The van der Waals surface area contributed by atoms with E-state index in [9.17, 15) is 8.42 Å². The van der Waals surface area contributed by atoms with Crippen LogP contribution in [-0.4, -0.2) is 27.9 Å². The molecule has 0 aliphatic carbocycles. The van der Waals surface area contributed by atoms with E-state index in [0.717, 1.165) is 0 Å². The summed E-state index contributed by atoms with van der Waals surface area (Å²) in [6.07, 6.45) is 1.56. The Bertz CT molecular complexity index is 849. The number of anilines is 1. The van der Waals surface area contributed by atoms with Crippen molar-refractivity contribution in [2.45, 2.75) is 11.9 Å². The molecule has 0 fully saturated rings. The maximum atomic E-state index is 12.2. The number of aromatic nitrogens is 4. The van der Waals surface area contributed by atoms with Gasteiger partial charge < -0.3 is 4.52 Å². The number of aryl methyl sites for hydroxylation is 1. The van der Waals surface area contributed by atoms with Gasteiger partial charge in [0, 0.05) is 11.6 Å². The topological polar surface area (TPSA) is 102 Å². The third-order valence-electron chi connectivity index (χ3n) is 2.18. The van der Waals surface area contributed by atoms with Crippen molar-refractivity contribution in [2.75, 3.05) is 4.72 Å². The summed E-state index contributed by atoms with van der Waals surface area (Å²) < 4.78 is 32.7. The fourth-order valence-corrected chi connectivity index (χ4v) is 3.86. The minimum Gasteiger partial charge on any atom is -0.314 e. The molecular weight excluding hydrogens is 314 g/mol.